The molecule has 0 bridgehead atoms. The summed E-state index contributed by atoms with van der Waals surface area (Å²) in [5, 5.41) is 17.5. The number of amides is 1. The average molecular weight is 498 g/mol. The summed E-state index contributed by atoms with van der Waals surface area (Å²) in [6, 6.07) is 7.84. The number of aliphatic hydroxyl groups is 1. The van der Waals surface area contributed by atoms with Crippen LogP contribution in [0.1, 0.15) is 76.6 Å². The van der Waals surface area contributed by atoms with Gasteiger partial charge in [0.1, 0.15) is 11.4 Å². The van der Waals surface area contributed by atoms with Crippen molar-refractivity contribution in [2.45, 2.75) is 90.5 Å². The molecule has 1 aliphatic heterocycles. The number of hydrogen-bond donors (Lipinski definition) is 3. The summed E-state index contributed by atoms with van der Waals surface area (Å²) in [5.74, 6) is 0.783. The van der Waals surface area contributed by atoms with Crippen LogP contribution in [-0.2, 0) is 17.6 Å². The minimum Gasteiger partial charge on any atom is -0.471 e. The minimum atomic E-state index is -0.827. The fraction of sp³-hybridized carbons (Fsp3) is 0.586. The lowest BCUT2D eigenvalue weighted by Gasteiger charge is -2.50. The van der Waals surface area contributed by atoms with Crippen LogP contribution in [0.25, 0.3) is 0 Å². The Morgan fingerprint density at radius 3 is 2.53 bits per heavy atom. The molecule has 0 radical (unpaired) electrons. The predicted molar refractivity (Wildman–Crippen MR) is 138 cm³/mol. The van der Waals surface area contributed by atoms with E-state index in [9.17, 15) is 14.3 Å². The van der Waals surface area contributed by atoms with E-state index in [0.717, 1.165) is 36.8 Å². The molecule has 1 saturated carbocycles. The molecule has 2 aliphatic rings. The van der Waals surface area contributed by atoms with Gasteiger partial charge in [-0.1, -0.05) is 39.8 Å². The third-order valence-electron chi connectivity index (χ3n) is 7.17. The number of aromatic nitrogens is 1. The standard InChI is InChI=1S/C29H40FN3O3/c1-18-12-29(13-18)15-25(23-10-21(14-28(3,4)5)16-32-27(23)36-29)31-17-26(35)24(33-19(2)34)11-20-6-8-22(30)9-7-20/h6-10,16,18,24-26,31,35H,11-15,17H2,1-5H3,(H,33,34)/t18?,24-,25-,26+,29?/m0/s1. The van der Waals surface area contributed by atoms with Crippen LogP contribution in [0, 0.1) is 17.2 Å². The number of ether oxygens (including phenoxy) is 1. The van der Waals surface area contributed by atoms with Gasteiger partial charge in [0.05, 0.1) is 12.1 Å². The van der Waals surface area contributed by atoms with E-state index in [2.05, 4.69) is 44.4 Å². The molecule has 7 heteroatoms. The fourth-order valence-corrected chi connectivity index (χ4v) is 5.75. The molecule has 0 saturated heterocycles. The lowest BCUT2D eigenvalue weighted by molar-refractivity contribution is -0.120. The first kappa shape index (κ1) is 26.6. The molecule has 36 heavy (non-hydrogen) atoms. The van der Waals surface area contributed by atoms with Crippen molar-refractivity contribution in [1.29, 1.82) is 0 Å². The molecule has 1 aromatic carbocycles. The normalized spacial score (nSPS) is 24.9. The third kappa shape index (κ3) is 6.62. The first-order valence-corrected chi connectivity index (χ1v) is 13.0. The Labute approximate surface area is 214 Å². The molecule has 1 spiro atoms. The van der Waals surface area contributed by atoms with E-state index in [0.29, 0.717) is 24.8 Å². The number of rotatable bonds is 8. The SMILES string of the molecule is CC(=O)N[C@@H](Cc1ccc(F)cc1)[C@H](O)CN[C@H]1CC2(CC(C)C2)Oc2ncc(CC(C)(C)C)cc21. The van der Waals surface area contributed by atoms with Crippen molar-refractivity contribution >= 4 is 5.91 Å². The number of carbonyl (C=O) groups is 1. The summed E-state index contributed by atoms with van der Waals surface area (Å²) in [6.45, 7) is 10.6. The third-order valence-corrected chi connectivity index (χ3v) is 7.17. The number of hydrogen-bond acceptors (Lipinski definition) is 5. The first-order chi connectivity index (χ1) is 16.9. The van der Waals surface area contributed by atoms with E-state index < -0.39 is 12.1 Å². The molecule has 1 fully saturated rings. The highest BCUT2D eigenvalue weighted by molar-refractivity contribution is 5.73. The molecule has 6 nitrogen and oxygen atoms in total. The number of halogens is 1. The zero-order valence-electron chi connectivity index (χ0n) is 22.1. The average Bonchev–Trinajstić information content (AvgIpc) is 2.76. The minimum absolute atomic E-state index is 0.00730. The molecular formula is C29H40FN3O3. The zero-order valence-corrected chi connectivity index (χ0v) is 22.1. The molecule has 1 aromatic heterocycles. The van der Waals surface area contributed by atoms with Crippen LogP contribution < -0.4 is 15.4 Å². The highest BCUT2D eigenvalue weighted by atomic mass is 19.1. The molecule has 2 heterocycles. The van der Waals surface area contributed by atoms with Crippen molar-refractivity contribution in [3.8, 4) is 5.88 Å². The monoisotopic (exact) mass is 497 g/mol. The van der Waals surface area contributed by atoms with Crippen LogP contribution in [0.2, 0.25) is 0 Å². The lowest BCUT2D eigenvalue weighted by Crippen LogP contribution is -2.54. The summed E-state index contributed by atoms with van der Waals surface area (Å²) in [6.07, 6.45) is 5.23. The van der Waals surface area contributed by atoms with Gasteiger partial charge in [0.15, 0.2) is 0 Å². The fourth-order valence-electron chi connectivity index (χ4n) is 5.75. The Bertz CT molecular complexity index is 1060. The summed E-state index contributed by atoms with van der Waals surface area (Å²) in [7, 11) is 0. The second-order valence-electron chi connectivity index (χ2n) is 12.1. The predicted octanol–water partition coefficient (Wildman–Crippen LogP) is 4.50. The van der Waals surface area contributed by atoms with Crippen molar-refractivity contribution in [1.82, 2.24) is 15.6 Å². The molecule has 3 atom stereocenters. The van der Waals surface area contributed by atoms with Gasteiger partial charge in [-0.2, -0.15) is 0 Å². The van der Waals surface area contributed by atoms with E-state index in [1.54, 1.807) is 12.1 Å². The van der Waals surface area contributed by atoms with Gasteiger partial charge >= 0.3 is 0 Å². The first-order valence-electron chi connectivity index (χ1n) is 13.0. The number of carbonyl (C=O) groups excluding carboxylic acids is 1. The molecule has 1 aliphatic carbocycles. The van der Waals surface area contributed by atoms with Gasteiger partial charge < -0.3 is 20.5 Å². The van der Waals surface area contributed by atoms with Gasteiger partial charge in [0, 0.05) is 37.7 Å². The van der Waals surface area contributed by atoms with Gasteiger partial charge in [-0.15, -0.1) is 0 Å². The number of benzene rings is 1. The molecular weight excluding hydrogens is 457 g/mol. The number of pyridine rings is 1. The quantitative estimate of drug-likeness (QED) is 0.500. The van der Waals surface area contributed by atoms with Crippen molar-refractivity contribution in [2.75, 3.05) is 6.54 Å². The summed E-state index contributed by atoms with van der Waals surface area (Å²) < 4.78 is 19.8. The molecule has 2 aromatic rings. The van der Waals surface area contributed by atoms with E-state index in [1.165, 1.54) is 24.6 Å². The Kier molecular flexibility index (Phi) is 7.72. The van der Waals surface area contributed by atoms with Crippen LogP contribution in [-0.4, -0.2) is 40.3 Å². The maximum atomic E-state index is 13.3. The van der Waals surface area contributed by atoms with Gasteiger partial charge in [-0.25, -0.2) is 9.37 Å². The summed E-state index contributed by atoms with van der Waals surface area (Å²) >= 11 is 0. The van der Waals surface area contributed by atoms with E-state index in [-0.39, 0.29) is 28.8 Å². The number of aliphatic hydroxyl groups excluding tert-OH is 1. The Morgan fingerprint density at radius 1 is 1.22 bits per heavy atom. The largest absolute Gasteiger partial charge is 0.471 e. The molecule has 0 unspecified atom stereocenters. The smallest absolute Gasteiger partial charge is 0.218 e. The van der Waals surface area contributed by atoms with Gasteiger partial charge in [0.2, 0.25) is 11.8 Å². The molecule has 196 valence electrons. The summed E-state index contributed by atoms with van der Waals surface area (Å²) in [4.78, 5) is 16.6. The number of nitrogens with zero attached hydrogens (tertiary/aromatic N) is 1. The zero-order chi connectivity index (χ0) is 26.1. The molecule has 3 N–H and O–H groups in total. The molecule has 4 rings (SSSR count). The number of fused-ring (bicyclic) bond motifs is 1. The topological polar surface area (TPSA) is 83.5 Å². The van der Waals surface area contributed by atoms with E-state index in [4.69, 9.17) is 9.72 Å². The van der Waals surface area contributed by atoms with Crippen molar-refractivity contribution in [3.63, 3.8) is 0 Å². The Balaban J connectivity index is 1.51. The highest BCUT2D eigenvalue weighted by Crippen LogP contribution is 2.50. The second-order valence-corrected chi connectivity index (χ2v) is 12.1. The van der Waals surface area contributed by atoms with Crippen molar-refractivity contribution in [3.05, 3.63) is 59.0 Å². The van der Waals surface area contributed by atoms with E-state index >= 15 is 0 Å². The van der Waals surface area contributed by atoms with Crippen molar-refractivity contribution < 1.29 is 19.0 Å². The van der Waals surface area contributed by atoms with Crippen LogP contribution in [0.3, 0.4) is 0 Å². The maximum absolute atomic E-state index is 13.3. The van der Waals surface area contributed by atoms with E-state index in [1.807, 2.05) is 6.20 Å². The second kappa shape index (κ2) is 10.5. The highest BCUT2D eigenvalue weighted by Gasteiger charge is 2.49. The van der Waals surface area contributed by atoms with Crippen molar-refractivity contribution in [2.24, 2.45) is 11.3 Å². The number of nitrogens with one attached hydrogen (secondary N) is 2. The van der Waals surface area contributed by atoms with Gasteiger partial charge in [0.25, 0.3) is 0 Å². The Morgan fingerprint density at radius 2 is 1.92 bits per heavy atom. The summed E-state index contributed by atoms with van der Waals surface area (Å²) in [5.41, 5.74) is 2.98. The molecule has 1 amide bonds. The van der Waals surface area contributed by atoms with Crippen LogP contribution in [0.5, 0.6) is 5.88 Å². The van der Waals surface area contributed by atoms with Gasteiger partial charge in [-0.3, -0.25) is 4.79 Å². The van der Waals surface area contributed by atoms with Crippen LogP contribution >= 0.6 is 0 Å². The van der Waals surface area contributed by atoms with Crippen LogP contribution in [0.4, 0.5) is 4.39 Å². The van der Waals surface area contributed by atoms with Gasteiger partial charge in [-0.05, 0) is 66.3 Å². The maximum Gasteiger partial charge on any atom is 0.218 e. The van der Waals surface area contributed by atoms with Crippen LogP contribution in [0.15, 0.2) is 36.5 Å². The lowest BCUT2D eigenvalue weighted by atomic mass is 9.67. The Hall–Kier alpha value is -2.51.